The highest BCUT2D eigenvalue weighted by atomic mass is 32.1. The van der Waals surface area contributed by atoms with Crippen LogP contribution in [0, 0.1) is 5.41 Å². The average Bonchev–Trinajstić information content (AvgIpc) is 3.02. The minimum Gasteiger partial charge on any atom is -0.402 e. The molecular weight excluding hydrogens is 346 g/mol. The van der Waals surface area contributed by atoms with Crippen LogP contribution in [0.1, 0.15) is 24.8 Å². The first-order valence-electron chi connectivity index (χ1n) is 9.40. The quantitative estimate of drug-likeness (QED) is 0.612. The molecule has 1 aromatic rings. The van der Waals surface area contributed by atoms with Gasteiger partial charge >= 0.3 is 0 Å². The van der Waals surface area contributed by atoms with Crippen molar-refractivity contribution in [3.63, 3.8) is 0 Å². The van der Waals surface area contributed by atoms with Crippen molar-refractivity contribution in [3.05, 3.63) is 118 Å². The Kier molecular flexibility index (Phi) is 4.61. The summed E-state index contributed by atoms with van der Waals surface area (Å²) in [5.74, 6) is 0. The fraction of sp³-hybridized carbons (Fsp3) is 0.200. The second-order valence-corrected chi connectivity index (χ2v) is 8.13. The molecule has 0 saturated heterocycles. The molecule has 0 spiro atoms. The van der Waals surface area contributed by atoms with Gasteiger partial charge in [-0.25, -0.2) is 0 Å². The predicted octanol–water partition coefficient (Wildman–Crippen LogP) is 5.97. The lowest BCUT2D eigenvalue weighted by Crippen LogP contribution is -2.06. The van der Waals surface area contributed by atoms with Crippen molar-refractivity contribution < 1.29 is 0 Å². The van der Waals surface area contributed by atoms with E-state index in [1.165, 1.54) is 27.9 Å². The van der Waals surface area contributed by atoms with Gasteiger partial charge in [-0.2, -0.15) is 0 Å². The van der Waals surface area contributed by atoms with Gasteiger partial charge in [0.1, 0.15) is 0 Å². The molecule has 27 heavy (non-hydrogen) atoms. The van der Waals surface area contributed by atoms with E-state index in [4.69, 9.17) is 5.73 Å². The molecule has 3 aliphatic carbocycles. The molecule has 0 bridgehead atoms. The minimum atomic E-state index is -0.199. The molecule has 4 rings (SSSR count). The Labute approximate surface area is 167 Å². The highest BCUT2D eigenvalue weighted by Gasteiger charge is 2.54. The second kappa shape index (κ2) is 6.94. The summed E-state index contributed by atoms with van der Waals surface area (Å²) in [4.78, 5) is 0.880. The first-order chi connectivity index (χ1) is 13.0. The largest absolute Gasteiger partial charge is 0.402 e. The molecule has 1 aromatic carbocycles. The van der Waals surface area contributed by atoms with Crippen molar-refractivity contribution in [2.45, 2.75) is 25.7 Å². The lowest BCUT2D eigenvalue weighted by Gasteiger charge is -2.14. The van der Waals surface area contributed by atoms with Crippen LogP contribution in [0.4, 0.5) is 0 Å². The Morgan fingerprint density at radius 1 is 1.07 bits per heavy atom. The summed E-state index contributed by atoms with van der Waals surface area (Å²) in [6, 6.07) is 10.5. The van der Waals surface area contributed by atoms with Gasteiger partial charge in [0, 0.05) is 5.70 Å². The molecule has 0 aromatic heterocycles. The summed E-state index contributed by atoms with van der Waals surface area (Å²) in [6.45, 7) is 8.48. The molecule has 1 saturated carbocycles. The lowest BCUT2D eigenvalue weighted by molar-refractivity contribution is 0.717. The molecule has 0 heterocycles. The van der Waals surface area contributed by atoms with Gasteiger partial charge < -0.3 is 5.73 Å². The third-order valence-corrected chi connectivity index (χ3v) is 6.24. The van der Waals surface area contributed by atoms with Crippen molar-refractivity contribution in [2.75, 3.05) is 0 Å². The molecule has 1 unspecified atom stereocenters. The van der Waals surface area contributed by atoms with Crippen LogP contribution in [-0.2, 0) is 6.42 Å². The van der Waals surface area contributed by atoms with Crippen LogP contribution >= 0.6 is 12.6 Å². The van der Waals surface area contributed by atoms with E-state index in [2.05, 4.69) is 74.4 Å². The standard InChI is InChI=1S/C25H25NS/c1-17-24(25(17,18(2)27)16-19-6-4-3-5-7-19)15-20-8-9-22(14-20)21-10-12-23(26)13-11-21/h3-10,12,15,27H,1-2,11,13-14,16,26H2/b24-15+. The molecule has 2 heteroatoms. The number of rotatable bonds is 5. The minimum absolute atomic E-state index is 0.199. The zero-order valence-electron chi connectivity index (χ0n) is 15.5. The molecule has 2 N–H and O–H groups in total. The third kappa shape index (κ3) is 3.30. The van der Waals surface area contributed by atoms with E-state index >= 15 is 0 Å². The smallest absolute Gasteiger partial charge is 0.0542 e. The maximum atomic E-state index is 5.88. The third-order valence-electron chi connectivity index (χ3n) is 5.86. The number of allylic oxidation sites excluding steroid dienone is 12. The maximum absolute atomic E-state index is 5.88. The fourth-order valence-electron chi connectivity index (χ4n) is 4.12. The number of nitrogens with two attached hydrogens (primary N) is 1. The van der Waals surface area contributed by atoms with Gasteiger partial charge in [-0.05, 0) is 70.1 Å². The van der Waals surface area contributed by atoms with Gasteiger partial charge in [0.25, 0.3) is 0 Å². The van der Waals surface area contributed by atoms with Gasteiger partial charge in [-0.15, -0.1) is 12.6 Å². The Bertz CT molecular complexity index is 969. The summed E-state index contributed by atoms with van der Waals surface area (Å²) in [5.41, 5.74) is 14.5. The van der Waals surface area contributed by atoms with E-state index in [9.17, 15) is 0 Å². The van der Waals surface area contributed by atoms with Crippen LogP contribution in [0.25, 0.3) is 0 Å². The van der Waals surface area contributed by atoms with Gasteiger partial charge in [0.2, 0.25) is 0 Å². The highest BCUT2D eigenvalue weighted by Crippen LogP contribution is 2.64. The van der Waals surface area contributed by atoms with E-state index in [1.54, 1.807) is 0 Å². The van der Waals surface area contributed by atoms with Crippen LogP contribution in [0.3, 0.4) is 0 Å². The molecule has 3 aliphatic rings. The van der Waals surface area contributed by atoms with Crippen molar-refractivity contribution in [2.24, 2.45) is 11.1 Å². The van der Waals surface area contributed by atoms with Crippen molar-refractivity contribution in [3.8, 4) is 0 Å². The van der Waals surface area contributed by atoms with Crippen LogP contribution in [-0.4, -0.2) is 0 Å². The SMILES string of the molecule is C=C(S)C1(Cc2ccccc2)C(=C)/C1=C\C1=CC=C(C2=CC=C(N)CC2)C1. The molecule has 0 radical (unpaired) electrons. The normalized spacial score (nSPS) is 25.7. The highest BCUT2D eigenvalue weighted by molar-refractivity contribution is 7.84. The van der Waals surface area contributed by atoms with Crippen LogP contribution in [0.2, 0.25) is 0 Å². The fourth-order valence-corrected chi connectivity index (χ4v) is 4.45. The predicted molar refractivity (Wildman–Crippen MR) is 118 cm³/mol. The molecule has 136 valence electrons. The average molecular weight is 372 g/mol. The molecular formula is C25H25NS. The summed E-state index contributed by atoms with van der Waals surface area (Å²) in [6.07, 6.45) is 14.8. The second-order valence-electron chi connectivity index (χ2n) is 7.59. The Balaban J connectivity index is 1.52. The summed E-state index contributed by atoms with van der Waals surface area (Å²) < 4.78 is 0. The van der Waals surface area contributed by atoms with E-state index in [-0.39, 0.29) is 5.41 Å². The number of benzene rings is 1. The Hall–Kier alpha value is -2.45. The van der Waals surface area contributed by atoms with Crippen LogP contribution in [0.5, 0.6) is 0 Å². The molecule has 1 nitrogen and oxygen atoms in total. The summed E-state index contributed by atoms with van der Waals surface area (Å²) in [5, 5.41) is 0. The van der Waals surface area contributed by atoms with E-state index in [0.717, 1.165) is 41.9 Å². The molecule has 0 aliphatic heterocycles. The van der Waals surface area contributed by atoms with Crippen molar-refractivity contribution in [1.29, 1.82) is 0 Å². The van der Waals surface area contributed by atoms with E-state index < -0.39 is 0 Å². The Morgan fingerprint density at radius 2 is 1.81 bits per heavy atom. The first kappa shape index (κ1) is 17.9. The van der Waals surface area contributed by atoms with Gasteiger partial charge in [-0.1, -0.05) is 67.8 Å². The van der Waals surface area contributed by atoms with Crippen LogP contribution in [0.15, 0.2) is 112 Å². The maximum Gasteiger partial charge on any atom is 0.0542 e. The summed E-state index contributed by atoms with van der Waals surface area (Å²) in [7, 11) is 0. The summed E-state index contributed by atoms with van der Waals surface area (Å²) >= 11 is 4.64. The molecule has 1 atom stereocenters. The van der Waals surface area contributed by atoms with Crippen LogP contribution < -0.4 is 5.73 Å². The molecule has 0 amide bonds. The van der Waals surface area contributed by atoms with Gasteiger partial charge in [0.15, 0.2) is 0 Å². The monoisotopic (exact) mass is 371 g/mol. The van der Waals surface area contributed by atoms with Gasteiger partial charge in [0.05, 0.1) is 5.41 Å². The number of hydrogen-bond acceptors (Lipinski definition) is 2. The molecule has 1 fully saturated rings. The zero-order valence-corrected chi connectivity index (χ0v) is 16.4. The first-order valence-corrected chi connectivity index (χ1v) is 9.85. The van der Waals surface area contributed by atoms with Crippen molar-refractivity contribution in [1.82, 2.24) is 0 Å². The number of thiol groups is 1. The zero-order chi connectivity index (χ0) is 19.0. The lowest BCUT2D eigenvalue weighted by atomic mass is 9.93. The topological polar surface area (TPSA) is 26.0 Å². The van der Waals surface area contributed by atoms with E-state index in [1.807, 2.05) is 12.1 Å². The van der Waals surface area contributed by atoms with E-state index in [0.29, 0.717) is 0 Å². The van der Waals surface area contributed by atoms with Crippen molar-refractivity contribution >= 4 is 12.6 Å². The van der Waals surface area contributed by atoms with Gasteiger partial charge in [-0.3, -0.25) is 0 Å². The Morgan fingerprint density at radius 3 is 2.48 bits per heavy atom. The number of hydrogen-bond donors (Lipinski definition) is 2.